The number of unbranched alkanes of at least 4 members (excludes halogenated alkanes) is 11. The Bertz CT molecular complexity index is 733. The van der Waals surface area contributed by atoms with Gasteiger partial charge in [-0.3, -0.25) is 18.6 Å². The average molecular weight is 639 g/mol. The van der Waals surface area contributed by atoms with E-state index < -0.39 is 51.8 Å². The maximum atomic E-state index is 12.4. The number of hydrogen-bond acceptors (Lipinski definition) is 9. The molecule has 0 bridgehead atoms. The highest BCUT2D eigenvalue weighted by Gasteiger charge is 2.27. The topological polar surface area (TPSA) is 149 Å². The Morgan fingerprint density at radius 1 is 0.698 bits per heavy atom. The number of phosphoric ester groups is 1. The van der Waals surface area contributed by atoms with Crippen LogP contribution in [0.5, 0.6) is 0 Å². The third-order valence-electron chi connectivity index (χ3n) is 7.48. The van der Waals surface area contributed by atoms with E-state index >= 15 is 0 Å². The maximum absolute atomic E-state index is 12.4. The molecule has 0 aliphatic rings. The number of aliphatic hydroxyl groups is 2. The van der Waals surface area contributed by atoms with Crippen LogP contribution in [0.2, 0.25) is 0 Å². The molecule has 11 heteroatoms. The Labute approximate surface area is 261 Å². The normalized spacial score (nSPS) is 15.2. The van der Waals surface area contributed by atoms with Crippen LogP contribution in [0.25, 0.3) is 0 Å². The van der Waals surface area contributed by atoms with Gasteiger partial charge in [-0.15, -0.1) is 0 Å². The van der Waals surface area contributed by atoms with Crippen LogP contribution in [-0.4, -0.2) is 65.7 Å². The van der Waals surface area contributed by atoms with Crippen molar-refractivity contribution < 1.29 is 47.8 Å². The first-order chi connectivity index (χ1) is 20.5. The first-order valence-corrected chi connectivity index (χ1v) is 18.2. The molecule has 0 saturated heterocycles. The van der Waals surface area contributed by atoms with Gasteiger partial charge < -0.3 is 24.6 Å². The summed E-state index contributed by atoms with van der Waals surface area (Å²) in [6.07, 6.45) is 15.5. The summed E-state index contributed by atoms with van der Waals surface area (Å²) in [5.74, 6) is 0.585. The molecular weight excluding hydrogens is 575 g/mol. The summed E-state index contributed by atoms with van der Waals surface area (Å²) < 4.78 is 32.4. The minimum atomic E-state index is -4.60. The van der Waals surface area contributed by atoms with Gasteiger partial charge in [0.1, 0.15) is 12.7 Å². The summed E-state index contributed by atoms with van der Waals surface area (Å²) in [5, 5.41) is 18.2. The summed E-state index contributed by atoms with van der Waals surface area (Å²) in [7, 11) is -4.60. The molecule has 3 N–H and O–H groups in total. The van der Waals surface area contributed by atoms with E-state index in [9.17, 15) is 24.2 Å². The lowest BCUT2D eigenvalue weighted by Gasteiger charge is -2.20. The highest BCUT2D eigenvalue weighted by atomic mass is 31.2. The summed E-state index contributed by atoms with van der Waals surface area (Å²) in [4.78, 5) is 34.6. The molecule has 0 rings (SSSR count). The van der Waals surface area contributed by atoms with Crippen molar-refractivity contribution in [3.63, 3.8) is 0 Å². The van der Waals surface area contributed by atoms with E-state index in [1.807, 2.05) is 0 Å². The van der Waals surface area contributed by atoms with Gasteiger partial charge in [0.15, 0.2) is 6.10 Å². The predicted octanol–water partition coefficient (Wildman–Crippen LogP) is 7.26. The fourth-order valence-corrected chi connectivity index (χ4v) is 5.24. The van der Waals surface area contributed by atoms with E-state index in [1.165, 1.54) is 51.4 Å². The Balaban J connectivity index is 4.47. The zero-order valence-corrected chi connectivity index (χ0v) is 28.4. The van der Waals surface area contributed by atoms with Crippen molar-refractivity contribution >= 4 is 19.8 Å². The molecule has 0 aromatic heterocycles. The van der Waals surface area contributed by atoms with Crippen LogP contribution in [0.4, 0.5) is 0 Å². The molecule has 10 nitrogen and oxygen atoms in total. The van der Waals surface area contributed by atoms with Gasteiger partial charge in [-0.05, 0) is 24.7 Å². The molecular formula is C32H63O10P. The number of ether oxygens (including phenoxy) is 2. The van der Waals surface area contributed by atoms with Gasteiger partial charge in [0.2, 0.25) is 0 Å². The van der Waals surface area contributed by atoms with Gasteiger partial charge in [0, 0.05) is 12.8 Å². The van der Waals surface area contributed by atoms with Crippen LogP contribution in [0.3, 0.4) is 0 Å². The average Bonchev–Trinajstić information content (AvgIpc) is 2.97. The van der Waals surface area contributed by atoms with E-state index in [4.69, 9.17) is 19.1 Å². The number of aliphatic hydroxyl groups excluding tert-OH is 2. The maximum Gasteiger partial charge on any atom is 0.472 e. The summed E-state index contributed by atoms with van der Waals surface area (Å²) in [5.41, 5.74) is 0. The Morgan fingerprint density at radius 2 is 1.19 bits per heavy atom. The van der Waals surface area contributed by atoms with E-state index in [0.717, 1.165) is 50.4 Å². The largest absolute Gasteiger partial charge is 0.472 e. The van der Waals surface area contributed by atoms with Crippen LogP contribution >= 0.6 is 7.82 Å². The van der Waals surface area contributed by atoms with E-state index in [0.29, 0.717) is 12.8 Å². The molecule has 4 atom stereocenters. The molecule has 0 aromatic carbocycles. The van der Waals surface area contributed by atoms with Gasteiger partial charge in [-0.2, -0.15) is 0 Å². The van der Waals surface area contributed by atoms with Crippen molar-refractivity contribution in [1.29, 1.82) is 0 Å². The number of esters is 2. The predicted molar refractivity (Wildman–Crippen MR) is 168 cm³/mol. The Hall–Kier alpha value is -1.03. The van der Waals surface area contributed by atoms with Crippen LogP contribution < -0.4 is 0 Å². The molecule has 2 unspecified atom stereocenters. The molecule has 256 valence electrons. The number of hydrogen-bond donors (Lipinski definition) is 3. The van der Waals surface area contributed by atoms with Crippen molar-refractivity contribution in [3.05, 3.63) is 0 Å². The standard InChI is InChI=1S/C32H63O10P/c1-5-28(4)20-16-12-9-10-13-17-21-31(35)39-25-30(26-41-43(37,38)40-24-29(34)23-33)42-32(36)22-18-14-8-6-7-11-15-19-27(2)3/h27-30,33-34H,5-26H2,1-4H3,(H,37,38)/t28?,29-,30+/m0/s1. The van der Waals surface area contributed by atoms with Gasteiger partial charge in [0.05, 0.1) is 19.8 Å². The zero-order valence-electron chi connectivity index (χ0n) is 27.5. The number of rotatable bonds is 30. The second-order valence-corrected chi connectivity index (χ2v) is 13.7. The smallest absolute Gasteiger partial charge is 0.462 e. The van der Waals surface area contributed by atoms with Crippen LogP contribution in [0.15, 0.2) is 0 Å². The third-order valence-corrected chi connectivity index (χ3v) is 8.43. The zero-order chi connectivity index (χ0) is 32.3. The highest BCUT2D eigenvalue weighted by Crippen LogP contribution is 2.43. The van der Waals surface area contributed by atoms with Crippen LogP contribution in [-0.2, 0) is 32.7 Å². The molecule has 0 aliphatic carbocycles. The first-order valence-electron chi connectivity index (χ1n) is 16.7. The third kappa shape index (κ3) is 28.2. The van der Waals surface area contributed by atoms with Crippen molar-refractivity contribution in [2.24, 2.45) is 11.8 Å². The second kappa shape index (κ2) is 27.3. The number of carbonyl (C=O) groups excluding carboxylic acids is 2. The second-order valence-electron chi connectivity index (χ2n) is 12.3. The van der Waals surface area contributed by atoms with Crippen molar-refractivity contribution in [2.45, 2.75) is 155 Å². The number of carbonyl (C=O) groups is 2. The Kier molecular flexibility index (Phi) is 26.6. The summed E-state index contributed by atoms with van der Waals surface area (Å²) in [6, 6.07) is 0. The Morgan fingerprint density at radius 3 is 1.72 bits per heavy atom. The minimum Gasteiger partial charge on any atom is -0.462 e. The van der Waals surface area contributed by atoms with E-state index in [-0.39, 0.29) is 19.4 Å². The molecule has 43 heavy (non-hydrogen) atoms. The van der Waals surface area contributed by atoms with Gasteiger partial charge in [0.25, 0.3) is 0 Å². The van der Waals surface area contributed by atoms with E-state index in [1.54, 1.807) is 0 Å². The lowest BCUT2D eigenvalue weighted by atomic mass is 10.00. The lowest BCUT2D eigenvalue weighted by molar-refractivity contribution is -0.161. The molecule has 0 aliphatic heterocycles. The molecule has 0 saturated carbocycles. The van der Waals surface area contributed by atoms with Gasteiger partial charge in [-0.25, -0.2) is 4.57 Å². The van der Waals surface area contributed by atoms with Crippen molar-refractivity contribution in [1.82, 2.24) is 0 Å². The molecule has 0 fully saturated rings. The summed E-state index contributed by atoms with van der Waals surface area (Å²) in [6.45, 7) is 6.87. The molecule has 0 aromatic rings. The fraction of sp³-hybridized carbons (Fsp3) is 0.938. The lowest BCUT2D eigenvalue weighted by Crippen LogP contribution is -2.29. The van der Waals surface area contributed by atoms with Crippen molar-refractivity contribution in [3.8, 4) is 0 Å². The quantitative estimate of drug-likeness (QED) is 0.0417. The molecule has 0 spiro atoms. The van der Waals surface area contributed by atoms with Crippen LogP contribution in [0.1, 0.15) is 143 Å². The van der Waals surface area contributed by atoms with Crippen molar-refractivity contribution in [2.75, 3.05) is 26.4 Å². The highest BCUT2D eigenvalue weighted by molar-refractivity contribution is 7.47. The molecule has 0 amide bonds. The summed E-state index contributed by atoms with van der Waals surface area (Å²) >= 11 is 0. The van der Waals surface area contributed by atoms with Gasteiger partial charge in [-0.1, -0.05) is 118 Å². The molecule has 0 radical (unpaired) electrons. The monoisotopic (exact) mass is 638 g/mol. The minimum absolute atomic E-state index is 0.186. The van der Waals surface area contributed by atoms with E-state index in [2.05, 4.69) is 32.2 Å². The SMILES string of the molecule is CCC(C)CCCCCCCCC(=O)OC[C@H](COP(=O)(O)OC[C@@H](O)CO)OC(=O)CCCCCCCCCC(C)C. The molecule has 0 heterocycles. The van der Waals surface area contributed by atoms with Gasteiger partial charge >= 0.3 is 19.8 Å². The first kappa shape index (κ1) is 42.0. The van der Waals surface area contributed by atoms with Crippen LogP contribution in [0, 0.1) is 11.8 Å². The number of phosphoric acid groups is 1. The fourth-order valence-electron chi connectivity index (χ4n) is 4.45.